The third-order valence-electron chi connectivity index (χ3n) is 7.63. The van der Waals surface area contributed by atoms with Gasteiger partial charge in [0.2, 0.25) is 0 Å². The van der Waals surface area contributed by atoms with Gasteiger partial charge in [-0.25, -0.2) is 0 Å². The van der Waals surface area contributed by atoms with E-state index in [0.29, 0.717) is 18.2 Å². The molecule has 2 N–H and O–H groups in total. The Morgan fingerprint density at radius 2 is 2.03 bits per heavy atom. The summed E-state index contributed by atoms with van der Waals surface area (Å²) in [6.45, 7) is 5.84. The van der Waals surface area contributed by atoms with Crippen molar-refractivity contribution in [2.75, 3.05) is 31.1 Å². The van der Waals surface area contributed by atoms with Gasteiger partial charge in [0.05, 0.1) is 11.1 Å². The van der Waals surface area contributed by atoms with E-state index in [-0.39, 0.29) is 11.4 Å². The van der Waals surface area contributed by atoms with Crippen LogP contribution in [0.15, 0.2) is 48.7 Å². The largest absolute Gasteiger partial charge is 0.492 e. The predicted molar refractivity (Wildman–Crippen MR) is 135 cm³/mol. The number of ether oxygens (including phenoxy) is 1. The van der Waals surface area contributed by atoms with Crippen LogP contribution >= 0.6 is 0 Å². The minimum atomic E-state index is -0.340. The van der Waals surface area contributed by atoms with Gasteiger partial charge in [-0.15, -0.1) is 0 Å². The molecule has 6 rings (SSSR count). The molecule has 2 aliphatic heterocycles. The Labute approximate surface area is 200 Å². The number of aryl methyl sites for hydroxylation is 1. The maximum Gasteiger partial charge on any atom is 0.252 e. The number of hydrogen-bond donors (Lipinski definition) is 2. The van der Waals surface area contributed by atoms with Crippen LogP contribution in [-0.2, 0) is 5.54 Å². The van der Waals surface area contributed by atoms with Crippen molar-refractivity contribution in [3.05, 3.63) is 65.4 Å². The predicted octanol–water partition coefficient (Wildman–Crippen LogP) is 4.30. The smallest absolute Gasteiger partial charge is 0.252 e. The highest BCUT2D eigenvalue weighted by Gasteiger charge is 2.47. The molecule has 1 unspecified atom stereocenters. The number of carbonyl (C=O) groups is 1. The lowest BCUT2D eigenvalue weighted by molar-refractivity contribution is 0.0930. The second-order valence-corrected chi connectivity index (χ2v) is 10.0. The number of aromatic nitrogens is 1. The van der Waals surface area contributed by atoms with Crippen molar-refractivity contribution in [2.45, 2.75) is 50.6 Å². The topological polar surface area (TPSA) is 66.5 Å². The van der Waals surface area contributed by atoms with Gasteiger partial charge < -0.3 is 20.3 Å². The molecule has 2 aromatic carbocycles. The van der Waals surface area contributed by atoms with E-state index < -0.39 is 0 Å². The molecule has 1 amide bonds. The van der Waals surface area contributed by atoms with Crippen LogP contribution in [0.5, 0.6) is 5.75 Å². The van der Waals surface area contributed by atoms with E-state index in [9.17, 15) is 4.79 Å². The number of anilines is 1. The van der Waals surface area contributed by atoms with Crippen molar-refractivity contribution in [3.63, 3.8) is 0 Å². The molecule has 1 saturated carbocycles. The Morgan fingerprint density at radius 3 is 2.76 bits per heavy atom. The van der Waals surface area contributed by atoms with E-state index in [1.165, 1.54) is 24.1 Å². The lowest BCUT2D eigenvalue weighted by atomic mass is 9.97. The number of nitrogens with one attached hydrogen (secondary N) is 2. The highest BCUT2D eigenvalue weighted by molar-refractivity contribution is 5.97. The van der Waals surface area contributed by atoms with Crippen molar-refractivity contribution in [2.24, 2.45) is 0 Å². The Balaban J connectivity index is 1.29. The second kappa shape index (κ2) is 8.58. The first kappa shape index (κ1) is 21.4. The number of amides is 1. The summed E-state index contributed by atoms with van der Waals surface area (Å²) in [4.78, 5) is 20.6. The fraction of sp³-hybridized carbons (Fsp3) is 0.429. The van der Waals surface area contributed by atoms with Crippen molar-refractivity contribution in [1.29, 1.82) is 0 Å². The summed E-state index contributed by atoms with van der Waals surface area (Å²) in [7, 11) is 0. The van der Waals surface area contributed by atoms with Crippen LogP contribution in [-0.4, -0.2) is 43.2 Å². The van der Waals surface area contributed by atoms with Crippen molar-refractivity contribution in [1.82, 2.24) is 15.6 Å². The monoisotopic (exact) mass is 456 g/mol. The van der Waals surface area contributed by atoms with Gasteiger partial charge in [0, 0.05) is 42.0 Å². The number of fused-ring (bicyclic) bond motifs is 1. The lowest BCUT2D eigenvalue weighted by Gasteiger charge is -2.27. The van der Waals surface area contributed by atoms with Gasteiger partial charge in [0.1, 0.15) is 12.4 Å². The molecule has 2 saturated heterocycles. The van der Waals surface area contributed by atoms with Gasteiger partial charge in [0.25, 0.3) is 5.91 Å². The zero-order chi connectivity index (χ0) is 23.1. The van der Waals surface area contributed by atoms with E-state index >= 15 is 0 Å². The normalized spacial score (nSPS) is 20.7. The first-order valence-electron chi connectivity index (χ1n) is 12.5. The average molecular weight is 457 g/mol. The summed E-state index contributed by atoms with van der Waals surface area (Å²) in [5, 5.41) is 7.89. The maximum atomic E-state index is 13.5. The van der Waals surface area contributed by atoms with Gasteiger partial charge in [0.15, 0.2) is 0 Å². The molecule has 6 nitrogen and oxygen atoms in total. The molecule has 1 aromatic heterocycles. The van der Waals surface area contributed by atoms with E-state index in [4.69, 9.17) is 4.74 Å². The molecular weight excluding hydrogens is 424 g/mol. The highest BCUT2D eigenvalue weighted by atomic mass is 16.5. The van der Waals surface area contributed by atoms with Crippen molar-refractivity contribution >= 4 is 22.5 Å². The molecule has 6 heteroatoms. The van der Waals surface area contributed by atoms with E-state index in [2.05, 4.69) is 38.7 Å². The fourth-order valence-electron chi connectivity index (χ4n) is 5.22. The maximum absolute atomic E-state index is 13.5. The van der Waals surface area contributed by atoms with Crippen LogP contribution in [0.2, 0.25) is 0 Å². The molecule has 3 fully saturated rings. The molecule has 0 radical (unpaired) electrons. The minimum absolute atomic E-state index is 0.0363. The summed E-state index contributed by atoms with van der Waals surface area (Å²) in [6, 6.07) is 14.8. The molecule has 1 aliphatic carbocycles. The van der Waals surface area contributed by atoms with Gasteiger partial charge in [-0.1, -0.05) is 12.1 Å². The third kappa shape index (κ3) is 4.00. The zero-order valence-electron chi connectivity index (χ0n) is 19.8. The van der Waals surface area contributed by atoms with Crippen LogP contribution in [0.1, 0.15) is 53.6 Å². The summed E-state index contributed by atoms with van der Waals surface area (Å²) >= 11 is 0. The quantitative estimate of drug-likeness (QED) is 0.555. The Hall–Kier alpha value is -3.12. The molecule has 0 bridgehead atoms. The van der Waals surface area contributed by atoms with Crippen LogP contribution < -0.4 is 20.3 Å². The number of pyridine rings is 1. The molecule has 1 atom stereocenters. The van der Waals surface area contributed by atoms with Gasteiger partial charge in [-0.3, -0.25) is 9.78 Å². The van der Waals surface area contributed by atoms with Gasteiger partial charge in [-0.05, 0) is 87.0 Å². The molecule has 3 aliphatic rings. The molecular formula is C28H32N4O2. The summed E-state index contributed by atoms with van der Waals surface area (Å²) < 4.78 is 5.96. The molecule has 34 heavy (non-hydrogen) atoms. The second-order valence-electron chi connectivity index (χ2n) is 10.0. The molecule has 0 spiro atoms. The Morgan fingerprint density at radius 1 is 1.21 bits per heavy atom. The summed E-state index contributed by atoms with van der Waals surface area (Å²) in [6.07, 6.45) is 7.33. The van der Waals surface area contributed by atoms with E-state index in [0.717, 1.165) is 61.1 Å². The number of rotatable bonds is 7. The fourth-order valence-corrected chi connectivity index (χ4v) is 5.22. The van der Waals surface area contributed by atoms with Crippen LogP contribution in [0.3, 0.4) is 0 Å². The van der Waals surface area contributed by atoms with Gasteiger partial charge in [-0.2, -0.15) is 0 Å². The van der Waals surface area contributed by atoms with Crippen LogP contribution in [0.25, 0.3) is 10.9 Å². The standard InChI is InChI=1S/C28H32N4O2/c1-19-6-7-22(34-18-20-8-12-29-20)17-24(19)27(33)31-28(9-10-28)25-15-21(32-13-2-3-14-32)16-26-23(25)5-4-11-30-26/h4-7,11,15-17,20,29H,2-3,8-10,12-14,18H2,1H3,(H,31,33). The average Bonchev–Trinajstić information content (AvgIpc) is 3.37. The number of carbonyl (C=O) groups excluding carboxylic acids is 1. The number of benzene rings is 2. The van der Waals surface area contributed by atoms with E-state index in [1.54, 1.807) is 0 Å². The van der Waals surface area contributed by atoms with Gasteiger partial charge >= 0.3 is 0 Å². The molecule has 3 aromatic rings. The molecule has 3 heterocycles. The first-order valence-corrected chi connectivity index (χ1v) is 12.5. The SMILES string of the molecule is Cc1ccc(OCC2CCN2)cc1C(=O)NC1(c2cc(N3CCCC3)cc3ncccc23)CC1. The summed E-state index contributed by atoms with van der Waals surface area (Å²) in [5.74, 6) is 0.714. The third-order valence-corrected chi connectivity index (χ3v) is 7.63. The zero-order valence-corrected chi connectivity index (χ0v) is 19.8. The van der Waals surface area contributed by atoms with Crippen molar-refractivity contribution < 1.29 is 9.53 Å². The van der Waals surface area contributed by atoms with Crippen LogP contribution in [0, 0.1) is 6.92 Å². The van der Waals surface area contributed by atoms with Crippen molar-refractivity contribution in [3.8, 4) is 5.75 Å². The number of hydrogen-bond acceptors (Lipinski definition) is 5. The Bertz CT molecular complexity index is 1230. The van der Waals surface area contributed by atoms with Crippen LogP contribution in [0.4, 0.5) is 5.69 Å². The summed E-state index contributed by atoms with van der Waals surface area (Å²) in [5.41, 5.74) is 4.71. The molecule has 176 valence electrons. The minimum Gasteiger partial charge on any atom is -0.492 e. The number of nitrogens with zero attached hydrogens (tertiary/aromatic N) is 2. The highest BCUT2D eigenvalue weighted by Crippen LogP contribution is 2.49. The lowest BCUT2D eigenvalue weighted by Crippen LogP contribution is -2.46. The first-order chi connectivity index (χ1) is 16.6. The Kier molecular flexibility index (Phi) is 5.41. The van der Waals surface area contributed by atoms with E-state index in [1.807, 2.05) is 37.4 Å².